The third-order valence-corrected chi connectivity index (χ3v) is 6.24. The van der Waals surface area contributed by atoms with Crippen LogP contribution in [0.5, 0.6) is 0 Å². The highest BCUT2D eigenvalue weighted by Crippen LogP contribution is 2.33. The van der Waals surface area contributed by atoms with Gasteiger partial charge in [-0.25, -0.2) is 9.67 Å². The van der Waals surface area contributed by atoms with Crippen LogP contribution in [0.15, 0.2) is 46.5 Å². The first-order chi connectivity index (χ1) is 13.7. The van der Waals surface area contributed by atoms with Crippen molar-refractivity contribution < 1.29 is 9.53 Å². The average molecular weight is 397 g/mol. The summed E-state index contributed by atoms with van der Waals surface area (Å²) in [6.45, 7) is 2.37. The first-order valence-corrected chi connectivity index (χ1v) is 10.2. The molecular weight excluding hydrogens is 378 g/mol. The van der Waals surface area contributed by atoms with Crippen LogP contribution in [0.2, 0.25) is 0 Å². The van der Waals surface area contributed by atoms with Gasteiger partial charge in [-0.1, -0.05) is 30.0 Å². The molecule has 1 atom stereocenters. The van der Waals surface area contributed by atoms with Crippen LogP contribution in [-0.2, 0) is 9.53 Å². The maximum Gasteiger partial charge on any atom is 0.265 e. The number of morpholine rings is 1. The first kappa shape index (κ1) is 17.4. The van der Waals surface area contributed by atoms with Gasteiger partial charge in [-0.15, -0.1) is 0 Å². The van der Waals surface area contributed by atoms with E-state index < -0.39 is 0 Å². The molecule has 0 aliphatic carbocycles. The molecule has 1 saturated heterocycles. The minimum atomic E-state index is -0.181. The fourth-order valence-electron chi connectivity index (χ4n) is 3.68. The molecule has 5 rings (SSSR count). The summed E-state index contributed by atoms with van der Waals surface area (Å²) in [6, 6.07) is 9.45. The number of fused-ring (bicyclic) bond motifs is 2. The van der Waals surface area contributed by atoms with E-state index in [1.807, 2.05) is 35.2 Å². The Kier molecular flexibility index (Phi) is 4.40. The Hall–Kier alpha value is -2.65. The number of carbonyl (C=O) groups is 1. The van der Waals surface area contributed by atoms with Crippen molar-refractivity contribution >= 4 is 28.7 Å². The summed E-state index contributed by atoms with van der Waals surface area (Å²) >= 11 is 1.52. The van der Waals surface area contributed by atoms with Crippen molar-refractivity contribution in [2.45, 2.75) is 17.6 Å². The number of carbonyl (C=O) groups excluding carboxylic acids is 1. The number of nitrogens with zero attached hydrogens (tertiary/aromatic N) is 5. The number of rotatable bonds is 3. The van der Waals surface area contributed by atoms with Crippen LogP contribution in [0.3, 0.4) is 0 Å². The van der Waals surface area contributed by atoms with Crippen molar-refractivity contribution in [3.8, 4) is 5.69 Å². The van der Waals surface area contributed by atoms with Gasteiger partial charge in [0, 0.05) is 25.3 Å². The Balaban J connectivity index is 1.49. The molecule has 1 fully saturated rings. The standard InChI is InChI=1S/C19H19N5O3S/c25-16(22-6-8-27-9-7-22)10-14-12-28-19-21-17-15(18(26)23(14)19)11-20-24(17)13-4-2-1-3-5-13/h1-5,11,14H,6-10,12H2/t14-/m0/s1. The van der Waals surface area contributed by atoms with Crippen molar-refractivity contribution in [2.75, 3.05) is 32.1 Å². The van der Waals surface area contributed by atoms with Crippen molar-refractivity contribution in [3.63, 3.8) is 0 Å². The first-order valence-electron chi connectivity index (χ1n) is 9.26. The smallest absolute Gasteiger partial charge is 0.265 e. The second-order valence-corrected chi connectivity index (χ2v) is 7.85. The molecule has 0 saturated carbocycles. The molecule has 2 aliphatic heterocycles. The Morgan fingerprint density at radius 3 is 2.79 bits per heavy atom. The average Bonchev–Trinajstić information content (AvgIpc) is 3.34. The van der Waals surface area contributed by atoms with Gasteiger partial charge in [-0.3, -0.25) is 14.2 Å². The van der Waals surface area contributed by atoms with Gasteiger partial charge < -0.3 is 9.64 Å². The largest absolute Gasteiger partial charge is 0.378 e. The van der Waals surface area contributed by atoms with Gasteiger partial charge in [0.2, 0.25) is 5.91 Å². The molecule has 2 aromatic heterocycles. The van der Waals surface area contributed by atoms with Gasteiger partial charge in [0.1, 0.15) is 5.39 Å². The van der Waals surface area contributed by atoms with E-state index in [4.69, 9.17) is 9.72 Å². The van der Waals surface area contributed by atoms with E-state index in [2.05, 4.69) is 5.10 Å². The SMILES string of the molecule is O=C(C[C@H]1CSc2nc3c(cnn3-c3ccccc3)c(=O)n21)N1CCOCC1. The summed E-state index contributed by atoms with van der Waals surface area (Å²) in [6.07, 6.45) is 1.87. The Morgan fingerprint density at radius 1 is 1.21 bits per heavy atom. The van der Waals surface area contributed by atoms with Crippen LogP contribution in [0, 0.1) is 0 Å². The number of hydrogen-bond acceptors (Lipinski definition) is 6. The molecule has 0 unspecified atom stereocenters. The van der Waals surface area contributed by atoms with Gasteiger partial charge in [0.25, 0.3) is 5.56 Å². The third-order valence-electron chi connectivity index (χ3n) is 5.15. The molecule has 0 bridgehead atoms. The molecule has 9 heteroatoms. The lowest BCUT2D eigenvalue weighted by atomic mass is 10.2. The summed E-state index contributed by atoms with van der Waals surface area (Å²) < 4.78 is 8.66. The summed E-state index contributed by atoms with van der Waals surface area (Å²) in [4.78, 5) is 32.3. The summed E-state index contributed by atoms with van der Waals surface area (Å²) in [7, 11) is 0. The van der Waals surface area contributed by atoms with E-state index in [1.165, 1.54) is 11.8 Å². The number of para-hydroxylation sites is 1. The summed E-state index contributed by atoms with van der Waals surface area (Å²) in [5.74, 6) is 0.734. The lowest BCUT2D eigenvalue weighted by Crippen LogP contribution is -2.42. The van der Waals surface area contributed by atoms with Crippen molar-refractivity contribution in [3.05, 3.63) is 46.9 Å². The van der Waals surface area contributed by atoms with Gasteiger partial charge in [-0.2, -0.15) is 5.10 Å². The molecule has 2 aliphatic rings. The zero-order valence-electron chi connectivity index (χ0n) is 15.2. The second kappa shape index (κ2) is 7.06. The van der Waals surface area contributed by atoms with Crippen molar-refractivity contribution in [2.24, 2.45) is 0 Å². The van der Waals surface area contributed by atoms with Gasteiger partial charge in [-0.05, 0) is 12.1 Å². The molecular formula is C19H19N5O3S. The second-order valence-electron chi connectivity index (χ2n) is 6.86. The molecule has 3 aromatic rings. The zero-order valence-corrected chi connectivity index (χ0v) is 16.0. The minimum absolute atomic E-state index is 0.0636. The van der Waals surface area contributed by atoms with Crippen LogP contribution in [-0.4, -0.2) is 62.2 Å². The number of ether oxygens (including phenoxy) is 1. The summed E-state index contributed by atoms with van der Waals surface area (Å²) in [5, 5.41) is 5.49. The number of amides is 1. The lowest BCUT2D eigenvalue weighted by molar-refractivity contribution is -0.135. The maximum atomic E-state index is 13.1. The topological polar surface area (TPSA) is 82.2 Å². The fraction of sp³-hybridized carbons (Fsp3) is 0.368. The molecule has 144 valence electrons. The number of benzene rings is 1. The molecule has 1 aromatic carbocycles. The number of thioether (sulfide) groups is 1. The zero-order chi connectivity index (χ0) is 19.1. The highest BCUT2D eigenvalue weighted by molar-refractivity contribution is 7.99. The van der Waals surface area contributed by atoms with E-state index in [1.54, 1.807) is 15.4 Å². The Morgan fingerprint density at radius 2 is 2.00 bits per heavy atom. The van der Waals surface area contributed by atoms with Crippen LogP contribution < -0.4 is 5.56 Å². The Labute approximate surface area is 165 Å². The van der Waals surface area contributed by atoms with E-state index in [0.717, 1.165) is 5.69 Å². The molecule has 0 radical (unpaired) electrons. The van der Waals surface area contributed by atoms with E-state index >= 15 is 0 Å². The maximum absolute atomic E-state index is 13.1. The van der Waals surface area contributed by atoms with Crippen molar-refractivity contribution in [1.82, 2.24) is 24.2 Å². The number of aromatic nitrogens is 4. The lowest BCUT2D eigenvalue weighted by Gasteiger charge is -2.28. The van der Waals surface area contributed by atoms with Crippen LogP contribution in [0.1, 0.15) is 12.5 Å². The van der Waals surface area contributed by atoms with E-state index in [9.17, 15) is 9.59 Å². The van der Waals surface area contributed by atoms with Crippen LogP contribution in [0.25, 0.3) is 16.7 Å². The minimum Gasteiger partial charge on any atom is -0.378 e. The molecule has 0 spiro atoms. The quantitative estimate of drug-likeness (QED) is 0.623. The predicted octanol–water partition coefficient (Wildman–Crippen LogP) is 1.48. The summed E-state index contributed by atoms with van der Waals surface area (Å²) in [5.41, 5.74) is 1.28. The van der Waals surface area contributed by atoms with Gasteiger partial charge in [0.15, 0.2) is 10.8 Å². The fourth-order valence-corrected chi connectivity index (χ4v) is 4.81. The van der Waals surface area contributed by atoms with Crippen molar-refractivity contribution in [1.29, 1.82) is 0 Å². The molecule has 28 heavy (non-hydrogen) atoms. The monoisotopic (exact) mass is 397 g/mol. The number of hydrogen-bond donors (Lipinski definition) is 0. The van der Waals surface area contributed by atoms with Crippen LogP contribution in [0.4, 0.5) is 0 Å². The normalized spacial score (nSPS) is 19.1. The van der Waals surface area contributed by atoms with Gasteiger partial charge >= 0.3 is 0 Å². The predicted molar refractivity (Wildman–Crippen MR) is 105 cm³/mol. The molecule has 0 N–H and O–H groups in total. The Bertz CT molecular complexity index is 1090. The van der Waals surface area contributed by atoms with E-state index in [0.29, 0.717) is 54.7 Å². The van der Waals surface area contributed by atoms with Gasteiger partial charge in [0.05, 0.1) is 31.1 Å². The molecule has 4 heterocycles. The molecule has 8 nitrogen and oxygen atoms in total. The highest BCUT2D eigenvalue weighted by Gasteiger charge is 2.31. The third kappa shape index (κ3) is 2.91. The highest BCUT2D eigenvalue weighted by atomic mass is 32.2. The van der Waals surface area contributed by atoms with Crippen LogP contribution >= 0.6 is 11.8 Å². The molecule has 1 amide bonds. The van der Waals surface area contributed by atoms with E-state index in [-0.39, 0.29) is 17.5 Å².